The highest BCUT2D eigenvalue weighted by Crippen LogP contribution is 2.22. The summed E-state index contributed by atoms with van der Waals surface area (Å²) < 4.78 is 27.0. The summed E-state index contributed by atoms with van der Waals surface area (Å²) in [5, 5.41) is 21.0. The number of halogens is 2. The van der Waals surface area contributed by atoms with Crippen LogP contribution < -0.4 is 5.32 Å². The minimum atomic E-state index is -1.06. The van der Waals surface area contributed by atoms with E-state index in [0.29, 0.717) is 5.75 Å². The van der Waals surface area contributed by atoms with Crippen molar-refractivity contribution in [2.75, 3.05) is 23.9 Å². The van der Waals surface area contributed by atoms with Gasteiger partial charge in [0.15, 0.2) is 11.6 Å². The topological polar surface area (TPSA) is 56.0 Å². The van der Waals surface area contributed by atoms with Crippen LogP contribution in [0.15, 0.2) is 12.1 Å². The van der Waals surface area contributed by atoms with E-state index >= 15 is 0 Å². The number of aliphatic hydroxyl groups is 1. The van der Waals surface area contributed by atoms with E-state index in [4.69, 9.17) is 5.26 Å². The number of nitrogens with one attached hydrogen (secondary N) is 1. The highest BCUT2D eigenvalue weighted by Gasteiger charge is 2.21. The lowest BCUT2D eigenvalue weighted by Crippen LogP contribution is -2.36. The van der Waals surface area contributed by atoms with Crippen molar-refractivity contribution in [3.05, 3.63) is 29.3 Å². The molecule has 0 heterocycles. The summed E-state index contributed by atoms with van der Waals surface area (Å²) in [5.74, 6) is -1.24. The fourth-order valence-electron chi connectivity index (χ4n) is 1.45. The van der Waals surface area contributed by atoms with E-state index in [0.717, 1.165) is 12.1 Å². The fraction of sp³-hybridized carbons (Fsp3) is 0.417. The van der Waals surface area contributed by atoms with E-state index in [9.17, 15) is 13.9 Å². The van der Waals surface area contributed by atoms with Gasteiger partial charge in [-0.15, -0.1) is 0 Å². The molecule has 1 aromatic rings. The molecule has 0 saturated heterocycles. The number of hydrogen-bond donors (Lipinski definition) is 2. The van der Waals surface area contributed by atoms with Crippen LogP contribution in [0.3, 0.4) is 0 Å². The van der Waals surface area contributed by atoms with Gasteiger partial charge in [0.2, 0.25) is 0 Å². The highest BCUT2D eigenvalue weighted by molar-refractivity contribution is 7.98. The summed E-state index contributed by atoms with van der Waals surface area (Å²) in [6.45, 7) is 1.60. The molecule has 1 aromatic carbocycles. The first kappa shape index (κ1) is 14.7. The van der Waals surface area contributed by atoms with Gasteiger partial charge in [0.1, 0.15) is 5.69 Å². The molecule has 2 N–H and O–H groups in total. The molecule has 0 bridgehead atoms. The maximum atomic E-state index is 13.5. The van der Waals surface area contributed by atoms with Crippen LogP contribution in [0.25, 0.3) is 0 Å². The molecular formula is C12H14F2N2OS. The van der Waals surface area contributed by atoms with Crippen LogP contribution in [0.4, 0.5) is 14.5 Å². The molecule has 0 aromatic heterocycles. The Kier molecular flexibility index (Phi) is 4.93. The smallest absolute Gasteiger partial charge is 0.150 e. The van der Waals surface area contributed by atoms with Crippen molar-refractivity contribution in [1.29, 1.82) is 5.26 Å². The fourth-order valence-corrected chi connectivity index (χ4v) is 2.17. The molecule has 0 aliphatic heterocycles. The number of nitrogens with zero attached hydrogens (tertiary/aromatic N) is 1. The van der Waals surface area contributed by atoms with E-state index < -0.39 is 17.2 Å². The number of benzene rings is 1. The van der Waals surface area contributed by atoms with Crippen molar-refractivity contribution < 1.29 is 13.9 Å². The normalized spacial score (nSPS) is 13.8. The molecule has 3 nitrogen and oxygen atoms in total. The second kappa shape index (κ2) is 6.03. The van der Waals surface area contributed by atoms with Gasteiger partial charge in [-0.2, -0.15) is 17.0 Å². The Morgan fingerprint density at radius 2 is 2.00 bits per heavy atom. The number of nitriles is 1. The summed E-state index contributed by atoms with van der Waals surface area (Å²) in [6.07, 6.45) is 1.83. The van der Waals surface area contributed by atoms with E-state index in [1.54, 1.807) is 13.0 Å². The maximum Gasteiger partial charge on any atom is 0.150 e. The molecule has 0 saturated carbocycles. The van der Waals surface area contributed by atoms with Crippen molar-refractivity contribution in [2.24, 2.45) is 0 Å². The van der Waals surface area contributed by atoms with Crippen LogP contribution in [0.5, 0.6) is 0 Å². The summed E-state index contributed by atoms with van der Waals surface area (Å²) >= 11 is 1.44. The molecule has 1 unspecified atom stereocenters. The zero-order valence-electron chi connectivity index (χ0n) is 10.1. The first-order valence-corrected chi connectivity index (χ1v) is 6.63. The van der Waals surface area contributed by atoms with E-state index in [1.807, 2.05) is 6.26 Å². The van der Waals surface area contributed by atoms with E-state index in [1.165, 1.54) is 11.8 Å². The Morgan fingerprint density at radius 3 is 2.44 bits per heavy atom. The van der Waals surface area contributed by atoms with Gasteiger partial charge in [-0.3, -0.25) is 0 Å². The first-order valence-electron chi connectivity index (χ1n) is 5.24. The van der Waals surface area contributed by atoms with Gasteiger partial charge in [-0.1, -0.05) is 0 Å². The third-order valence-electron chi connectivity index (χ3n) is 2.27. The molecule has 18 heavy (non-hydrogen) atoms. The highest BCUT2D eigenvalue weighted by atomic mass is 32.2. The average Bonchev–Trinajstić information content (AvgIpc) is 2.27. The zero-order chi connectivity index (χ0) is 13.8. The van der Waals surface area contributed by atoms with E-state index in [-0.39, 0.29) is 17.8 Å². The SMILES string of the molecule is CSCC(C)(O)CNc1c(F)cc(C#N)cc1F. The standard InChI is InChI=1S/C12H14F2N2OS/c1-12(17,7-18-2)6-16-11-9(13)3-8(5-15)4-10(11)14/h3-4,16-17H,6-7H2,1-2H3. The molecule has 6 heteroatoms. The monoisotopic (exact) mass is 272 g/mol. The Morgan fingerprint density at radius 1 is 1.44 bits per heavy atom. The van der Waals surface area contributed by atoms with Crippen LogP contribution in [-0.4, -0.2) is 29.3 Å². The zero-order valence-corrected chi connectivity index (χ0v) is 10.9. The molecule has 0 aliphatic rings. The second-order valence-electron chi connectivity index (χ2n) is 4.21. The molecule has 0 radical (unpaired) electrons. The van der Waals surface area contributed by atoms with Crippen LogP contribution >= 0.6 is 11.8 Å². The predicted octanol–water partition coefficient (Wildman–Crippen LogP) is 2.36. The second-order valence-corrected chi connectivity index (χ2v) is 5.08. The summed E-state index contributed by atoms with van der Waals surface area (Å²) in [6, 6.07) is 3.57. The summed E-state index contributed by atoms with van der Waals surface area (Å²) in [5.41, 5.74) is -1.46. The van der Waals surface area contributed by atoms with E-state index in [2.05, 4.69) is 5.32 Å². The predicted molar refractivity (Wildman–Crippen MR) is 68.6 cm³/mol. The minimum Gasteiger partial charge on any atom is -0.387 e. The molecule has 0 spiro atoms. The summed E-state index contributed by atoms with van der Waals surface area (Å²) in [7, 11) is 0. The lowest BCUT2D eigenvalue weighted by atomic mass is 10.1. The molecule has 98 valence electrons. The van der Waals surface area contributed by atoms with Crippen LogP contribution in [-0.2, 0) is 0 Å². The molecule has 1 rings (SSSR count). The van der Waals surface area contributed by atoms with Crippen molar-refractivity contribution in [1.82, 2.24) is 0 Å². The number of hydrogen-bond acceptors (Lipinski definition) is 4. The third-order valence-corrected chi connectivity index (χ3v) is 3.18. The molecule has 0 fully saturated rings. The number of anilines is 1. The van der Waals surface area contributed by atoms with Crippen molar-refractivity contribution in [3.63, 3.8) is 0 Å². The van der Waals surface area contributed by atoms with Gasteiger partial charge in [0.25, 0.3) is 0 Å². The van der Waals surface area contributed by atoms with Crippen molar-refractivity contribution in [2.45, 2.75) is 12.5 Å². The van der Waals surface area contributed by atoms with Crippen molar-refractivity contribution in [3.8, 4) is 6.07 Å². The molecular weight excluding hydrogens is 258 g/mol. The Bertz CT molecular complexity index is 449. The molecule has 0 amide bonds. The Balaban J connectivity index is 2.83. The van der Waals surface area contributed by atoms with Crippen LogP contribution in [0.2, 0.25) is 0 Å². The third kappa shape index (κ3) is 3.86. The maximum absolute atomic E-state index is 13.5. The van der Waals surface area contributed by atoms with Gasteiger partial charge >= 0.3 is 0 Å². The lowest BCUT2D eigenvalue weighted by molar-refractivity contribution is 0.0996. The van der Waals surface area contributed by atoms with Crippen LogP contribution in [0, 0.1) is 23.0 Å². The number of rotatable bonds is 5. The lowest BCUT2D eigenvalue weighted by Gasteiger charge is -2.23. The molecule has 0 aliphatic carbocycles. The van der Waals surface area contributed by atoms with Crippen molar-refractivity contribution >= 4 is 17.4 Å². The quantitative estimate of drug-likeness (QED) is 0.864. The Hall–Kier alpha value is -1.32. The van der Waals surface area contributed by atoms with Crippen LogP contribution in [0.1, 0.15) is 12.5 Å². The van der Waals surface area contributed by atoms with Gasteiger partial charge in [0, 0.05) is 12.3 Å². The minimum absolute atomic E-state index is 0.0214. The van der Waals surface area contributed by atoms with Gasteiger partial charge in [-0.05, 0) is 25.3 Å². The Labute approximate surface area is 109 Å². The van der Waals surface area contributed by atoms with Gasteiger partial charge in [0.05, 0.1) is 17.2 Å². The van der Waals surface area contributed by atoms with Gasteiger partial charge < -0.3 is 10.4 Å². The average molecular weight is 272 g/mol. The summed E-state index contributed by atoms with van der Waals surface area (Å²) in [4.78, 5) is 0. The van der Waals surface area contributed by atoms with Gasteiger partial charge in [-0.25, -0.2) is 8.78 Å². The number of thioether (sulfide) groups is 1. The molecule has 1 atom stereocenters. The first-order chi connectivity index (χ1) is 8.39. The largest absolute Gasteiger partial charge is 0.387 e.